The minimum Gasteiger partial charge on any atom is -0.354 e. The number of methoxy groups -OCH3 is 1. The van der Waals surface area contributed by atoms with E-state index in [9.17, 15) is 4.79 Å². The Morgan fingerprint density at radius 1 is 1.33 bits per heavy atom. The van der Waals surface area contributed by atoms with Gasteiger partial charge in [0, 0.05) is 7.11 Å². The highest BCUT2D eigenvalue weighted by Gasteiger charge is 2.54. The number of fused-ring (bicyclic) bond motifs is 1. The number of Topliss-reactive ketones (excluding diaryl/α,β-unsaturated/α-hetero) is 1. The minimum atomic E-state index is -0.775. The van der Waals surface area contributed by atoms with Gasteiger partial charge >= 0.3 is 0 Å². The first kappa shape index (κ1) is 13.9. The molecule has 0 unspecified atom stereocenters. The summed E-state index contributed by atoms with van der Waals surface area (Å²) < 4.78 is 27.0. The lowest BCUT2D eigenvalue weighted by Crippen LogP contribution is -2.36. The average molecular weight is 260 g/mol. The van der Waals surface area contributed by atoms with Gasteiger partial charge in [-0.2, -0.15) is 0 Å². The molecule has 6 heteroatoms. The molecule has 2 aliphatic rings. The smallest absolute Gasteiger partial charge is 0.198 e. The van der Waals surface area contributed by atoms with Gasteiger partial charge in [0.1, 0.15) is 6.10 Å². The van der Waals surface area contributed by atoms with E-state index in [0.717, 1.165) is 0 Å². The highest BCUT2D eigenvalue weighted by Crippen LogP contribution is 2.35. The topological polar surface area (TPSA) is 63.2 Å². The molecule has 0 aromatic heterocycles. The Bertz CT molecular complexity index is 337. The molecule has 2 fully saturated rings. The lowest BCUT2D eigenvalue weighted by molar-refractivity contribution is -0.234. The van der Waals surface area contributed by atoms with Crippen LogP contribution in [0.3, 0.4) is 0 Å². The van der Waals surface area contributed by atoms with Crippen molar-refractivity contribution in [2.24, 2.45) is 0 Å². The zero-order valence-electron chi connectivity index (χ0n) is 11.4. The van der Waals surface area contributed by atoms with Crippen molar-refractivity contribution in [2.45, 2.75) is 57.8 Å². The molecule has 3 atom stereocenters. The van der Waals surface area contributed by atoms with Crippen molar-refractivity contribution in [3.8, 4) is 0 Å². The lowest BCUT2D eigenvalue weighted by Gasteiger charge is -2.25. The molecule has 0 aliphatic carbocycles. The van der Waals surface area contributed by atoms with Gasteiger partial charge in [-0.15, -0.1) is 0 Å². The Kier molecular flexibility index (Phi) is 3.50. The summed E-state index contributed by atoms with van der Waals surface area (Å²) >= 11 is 0. The Balaban J connectivity index is 1.90. The van der Waals surface area contributed by atoms with E-state index < -0.39 is 30.1 Å². The third kappa shape index (κ3) is 2.73. The molecule has 0 amide bonds. The summed E-state index contributed by atoms with van der Waals surface area (Å²) in [5, 5.41) is 0. The second kappa shape index (κ2) is 4.54. The number of hydrogen-bond donors (Lipinski definition) is 0. The fraction of sp³-hybridized carbons (Fsp3) is 0.917. The first-order chi connectivity index (χ1) is 8.24. The van der Waals surface area contributed by atoms with Crippen molar-refractivity contribution in [3.05, 3.63) is 0 Å². The van der Waals surface area contributed by atoms with E-state index in [-0.39, 0.29) is 12.4 Å². The molecule has 18 heavy (non-hydrogen) atoms. The molecule has 0 N–H and O–H groups in total. The zero-order valence-corrected chi connectivity index (χ0v) is 11.4. The highest BCUT2D eigenvalue weighted by molar-refractivity contribution is 5.90. The number of hydrogen-bond acceptors (Lipinski definition) is 6. The molecule has 0 saturated carbocycles. The molecule has 2 heterocycles. The van der Waals surface area contributed by atoms with Gasteiger partial charge in [-0.3, -0.25) is 4.79 Å². The van der Waals surface area contributed by atoms with Gasteiger partial charge in [0.25, 0.3) is 0 Å². The van der Waals surface area contributed by atoms with Crippen molar-refractivity contribution in [1.82, 2.24) is 0 Å². The number of carbonyl (C=O) groups excluding carboxylic acids is 1. The molecule has 104 valence electrons. The van der Waals surface area contributed by atoms with Crippen molar-refractivity contribution in [1.29, 1.82) is 0 Å². The van der Waals surface area contributed by atoms with E-state index in [1.807, 2.05) is 0 Å². The van der Waals surface area contributed by atoms with E-state index in [4.69, 9.17) is 23.7 Å². The number of ketones is 1. The summed E-state index contributed by atoms with van der Waals surface area (Å²) in [4.78, 5) is 12.0. The maximum Gasteiger partial charge on any atom is 0.198 e. The minimum absolute atomic E-state index is 0.125. The van der Waals surface area contributed by atoms with Crippen molar-refractivity contribution < 1.29 is 28.5 Å². The molecule has 0 radical (unpaired) electrons. The standard InChI is InChI=1S/C12H20O6/c1-11(2,14-5)15-6-7-8(13)9-10(16-7)18-12(3,4)17-9/h7,9-10H,6H2,1-5H3/t7-,9+,10+/m0/s1. The molecule has 6 nitrogen and oxygen atoms in total. The Hall–Kier alpha value is -0.530. The quantitative estimate of drug-likeness (QED) is 0.698. The van der Waals surface area contributed by atoms with Gasteiger partial charge in [0.15, 0.2) is 29.8 Å². The Morgan fingerprint density at radius 2 is 2.00 bits per heavy atom. The second-order valence-electron chi connectivity index (χ2n) is 5.37. The van der Waals surface area contributed by atoms with Crippen molar-refractivity contribution >= 4 is 5.78 Å². The van der Waals surface area contributed by atoms with Gasteiger partial charge in [0.05, 0.1) is 6.61 Å². The normalized spacial score (nSPS) is 34.9. The maximum absolute atomic E-state index is 12.0. The molecule has 0 aromatic rings. The lowest BCUT2D eigenvalue weighted by atomic mass is 10.2. The molecular weight excluding hydrogens is 240 g/mol. The molecule has 2 aliphatic heterocycles. The number of carbonyl (C=O) groups is 1. The third-order valence-corrected chi connectivity index (χ3v) is 3.03. The van der Waals surface area contributed by atoms with E-state index in [2.05, 4.69) is 0 Å². The van der Waals surface area contributed by atoms with Gasteiger partial charge in [0.2, 0.25) is 0 Å². The largest absolute Gasteiger partial charge is 0.354 e. The predicted molar refractivity (Wildman–Crippen MR) is 60.7 cm³/mol. The fourth-order valence-corrected chi connectivity index (χ4v) is 1.89. The summed E-state index contributed by atoms with van der Waals surface area (Å²) in [5.41, 5.74) is 0. The van der Waals surface area contributed by atoms with Crippen LogP contribution in [-0.4, -0.2) is 49.6 Å². The van der Waals surface area contributed by atoms with Crippen molar-refractivity contribution in [2.75, 3.05) is 13.7 Å². The molecular formula is C12H20O6. The van der Waals surface area contributed by atoms with Crippen molar-refractivity contribution in [3.63, 3.8) is 0 Å². The van der Waals surface area contributed by atoms with Crippen LogP contribution >= 0.6 is 0 Å². The fourth-order valence-electron chi connectivity index (χ4n) is 1.89. The Labute approximate surface area is 106 Å². The van der Waals surface area contributed by atoms with Crippen LogP contribution in [-0.2, 0) is 28.5 Å². The van der Waals surface area contributed by atoms with E-state index >= 15 is 0 Å². The van der Waals surface area contributed by atoms with Crippen LogP contribution in [0.15, 0.2) is 0 Å². The van der Waals surface area contributed by atoms with Gasteiger partial charge in [-0.05, 0) is 27.7 Å². The maximum atomic E-state index is 12.0. The molecule has 0 aromatic carbocycles. The summed E-state index contributed by atoms with van der Waals surface area (Å²) in [6.07, 6.45) is -1.95. The summed E-state index contributed by atoms with van der Waals surface area (Å²) in [6.45, 7) is 7.16. The van der Waals surface area contributed by atoms with Gasteiger partial charge < -0.3 is 23.7 Å². The zero-order chi connectivity index (χ0) is 13.6. The number of rotatable bonds is 4. The van der Waals surface area contributed by atoms with Crippen LogP contribution < -0.4 is 0 Å². The molecule has 2 saturated heterocycles. The van der Waals surface area contributed by atoms with Crippen LogP contribution in [0.25, 0.3) is 0 Å². The summed E-state index contributed by atoms with van der Waals surface area (Å²) in [5.74, 6) is -1.66. The molecule has 0 spiro atoms. The van der Waals surface area contributed by atoms with E-state index in [1.54, 1.807) is 34.8 Å². The first-order valence-corrected chi connectivity index (χ1v) is 5.98. The second-order valence-corrected chi connectivity index (χ2v) is 5.37. The van der Waals surface area contributed by atoms with Crippen LogP contribution in [0.4, 0.5) is 0 Å². The molecule has 2 rings (SSSR count). The predicted octanol–water partition coefficient (Wildman–Crippen LogP) is 0.831. The SMILES string of the molecule is COC(C)(C)OC[C@@H]1O[C@@H]2OC(C)(C)O[C@@H]2C1=O. The number of ether oxygens (including phenoxy) is 5. The van der Waals surface area contributed by atoms with E-state index in [1.165, 1.54) is 0 Å². The van der Waals surface area contributed by atoms with Gasteiger partial charge in [-0.1, -0.05) is 0 Å². The van der Waals surface area contributed by atoms with Crippen LogP contribution in [0.5, 0.6) is 0 Å². The van der Waals surface area contributed by atoms with Gasteiger partial charge in [-0.25, -0.2) is 0 Å². The first-order valence-electron chi connectivity index (χ1n) is 5.98. The van der Waals surface area contributed by atoms with E-state index in [0.29, 0.717) is 0 Å². The third-order valence-electron chi connectivity index (χ3n) is 3.03. The van der Waals surface area contributed by atoms with Crippen LogP contribution in [0.1, 0.15) is 27.7 Å². The summed E-state index contributed by atoms with van der Waals surface area (Å²) in [6, 6.07) is 0. The van der Waals surface area contributed by atoms with Crippen LogP contribution in [0.2, 0.25) is 0 Å². The Morgan fingerprint density at radius 3 is 2.56 bits per heavy atom. The summed E-state index contributed by atoms with van der Waals surface area (Å²) in [7, 11) is 1.54. The monoisotopic (exact) mass is 260 g/mol. The average Bonchev–Trinajstić information content (AvgIpc) is 2.71. The highest BCUT2D eigenvalue weighted by atomic mass is 16.8. The molecule has 0 bridgehead atoms. The van der Waals surface area contributed by atoms with Crippen LogP contribution in [0, 0.1) is 0 Å².